The molecular weight excluding hydrogens is 266 g/mol. The fourth-order valence-corrected chi connectivity index (χ4v) is 2.86. The first-order chi connectivity index (χ1) is 10.1. The minimum absolute atomic E-state index is 0.120. The quantitative estimate of drug-likeness (QED) is 0.841. The topological polar surface area (TPSA) is 75.4 Å². The lowest BCUT2D eigenvalue weighted by atomic mass is 10.1. The van der Waals surface area contributed by atoms with E-state index in [-0.39, 0.29) is 11.9 Å². The SMILES string of the molecule is CN(C)C(=O)C1CCCN1c1ncnc2cc(N)ccc12. The number of hydrogen-bond acceptors (Lipinski definition) is 5. The van der Waals surface area contributed by atoms with Crippen LogP contribution in [-0.4, -0.2) is 47.5 Å². The predicted molar refractivity (Wildman–Crippen MR) is 83.0 cm³/mol. The van der Waals surface area contributed by atoms with E-state index in [0.717, 1.165) is 36.1 Å². The zero-order chi connectivity index (χ0) is 15.0. The Morgan fingerprint density at radius 2 is 2.19 bits per heavy atom. The maximum Gasteiger partial charge on any atom is 0.244 e. The molecule has 1 fully saturated rings. The number of amides is 1. The average molecular weight is 285 g/mol. The smallest absolute Gasteiger partial charge is 0.244 e. The second-order valence-corrected chi connectivity index (χ2v) is 5.56. The number of carbonyl (C=O) groups excluding carboxylic acids is 1. The molecule has 1 amide bonds. The molecule has 2 aromatic rings. The molecule has 1 aliphatic heterocycles. The van der Waals surface area contributed by atoms with E-state index in [2.05, 4.69) is 14.9 Å². The summed E-state index contributed by atoms with van der Waals surface area (Å²) in [6.07, 6.45) is 3.38. The number of nitrogens with two attached hydrogens (primary N) is 1. The first-order valence-electron chi connectivity index (χ1n) is 7.06. The van der Waals surface area contributed by atoms with Gasteiger partial charge in [0.2, 0.25) is 5.91 Å². The zero-order valence-electron chi connectivity index (χ0n) is 12.3. The molecule has 3 rings (SSSR count). The summed E-state index contributed by atoms with van der Waals surface area (Å²) in [5.74, 6) is 0.937. The van der Waals surface area contributed by atoms with Crippen LogP contribution in [0.5, 0.6) is 0 Å². The monoisotopic (exact) mass is 285 g/mol. The predicted octanol–water partition coefficient (Wildman–Crippen LogP) is 1.27. The van der Waals surface area contributed by atoms with Gasteiger partial charge in [-0.2, -0.15) is 0 Å². The highest BCUT2D eigenvalue weighted by molar-refractivity contribution is 5.94. The second-order valence-electron chi connectivity index (χ2n) is 5.56. The van der Waals surface area contributed by atoms with Crippen molar-refractivity contribution in [1.82, 2.24) is 14.9 Å². The van der Waals surface area contributed by atoms with Gasteiger partial charge in [-0.1, -0.05) is 0 Å². The Morgan fingerprint density at radius 3 is 2.95 bits per heavy atom. The van der Waals surface area contributed by atoms with Crippen LogP contribution >= 0.6 is 0 Å². The summed E-state index contributed by atoms with van der Waals surface area (Å²) in [5.41, 5.74) is 7.29. The highest BCUT2D eigenvalue weighted by Gasteiger charge is 2.33. The molecule has 6 nitrogen and oxygen atoms in total. The number of carbonyl (C=O) groups is 1. The van der Waals surface area contributed by atoms with Gasteiger partial charge < -0.3 is 15.5 Å². The van der Waals surface area contributed by atoms with Crippen molar-refractivity contribution in [1.29, 1.82) is 0 Å². The van der Waals surface area contributed by atoms with E-state index < -0.39 is 0 Å². The standard InChI is InChI=1S/C15H19N5O/c1-19(2)15(21)13-4-3-7-20(13)14-11-6-5-10(16)8-12(11)17-9-18-14/h5-6,8-9,13H,3-4,7,16H2,1-2H3. The summed E-state index contributed by atoms with van der Waals surface area (Å²) in [7, 11) is 3.58. The van der Waals surface area contributed by atoms with Crippen LogP contribution in [0.1, 0.15) is 12.8 Å². The van der Waals surface area contributed by atoms with Gasteiger partial charge in [0, 0.05) is 31.7 Å². The maximum atomic E-state index is 12.3. The van der Waals surface area contributed by atoms with Crippen LogP contribution in [0.25, 0.3) is 10.9 Å². The van der Waals surface area contributed by atoms with E-state index in [1.165, 1.54) is 6.33 Å². The van der Waals surface area contributed by atoms with E-state index in [4.69, 9.17) is 5.73 Å². The van der Waals surface area contributed by atoms with Crippen molar-refractivity contribution >= 4 is 28.3 Å². The molecule has 1 aliphatic rings. The number of benzene rings is 1. The third kappa shape index (κ3) is 2.37. The number of nitrogens with zero attached hydrogens (tertiary/aromatic N) is 4. The summed E-state index contributed by atoms with van der Waals surface area (Å²) in [6.45, 7) is 0.834. The lowest BCUT2D eigenvalue weighted by molar-refractivity contribution is -0.129. The third-order valence-corrected chi connectivity index (χ3v) is 3.89. The Kier molecular flexibility index (Phi) is 3.37. The van der Waals surface area contributed by atoms with E-state index in [1.54, 1.807) is 19.0 Å². The van der Waals surface area contributed by atoms with Crippen LogP contribution in [0.4, 0.5) is 11.5 Å². The third-order valence-electron chi connectivity index (χ3n) is 3.89. The minimum Gasteiger partial charge on any atom is -0.399 e. The highest BCUT2D eigenvalue weighted by Crippen LogP contribution is 2.30. The molecule has 110 valence electrons. The Balaban J connectivity index is 2.05. The Hall–Kier alpha value is -2.37. The van der Waals surface area contributed by atoms with Gasteiger partial charge in [-0.15, -0.1) is 0 Å². The van der Waals surface area contributed by atoms with Gasteiger partial charge in [-0.3, -0.25) is 4.79 Å². The highest BCUT2D eigenvalue weighted by atomic mass is 16.2. The van der Waals surface area contributed by atoms with Crippen molar-refractivity contribution in [2.24, 2.45) is 0 Å². The van der Waals surface area contributed by atoms with Crippen LogP contribution in [0.2, 0.25) is 0 Å². The van der Waals surface area contributed by atoms with Crippen molar-refractivity contribution in [2.45, 2.75) is 18.9 Å². The first kappa shape index (κ1) is 13.6. The fourth-order valence-electron chi connectivity index (χ4n) is 2.86. The van der Waals surface area contributed by atoms with Gasteiger partial charge in [0.15, 0.2) is 0 Å². The van der Waals surface area contributed by atoms with Gasteiger partial charge in [-0.25, -0.2) is 9.97 Å². The molecule has 0 saturated carbocycles. The average Bonchev–Trinajstić information content (AvgIpc) is 2.94. The molecule has 2 heterocycles. The number of aromatic nitrogens is 2. The molecule has 0 bridgehead atoms. The Labute approximate surface area is 123 Å². The molecule has 0 radical (unpaired) electrons. The lowest BCUT2D eigenvalue weighted by Gasteiger charge is -2.27. The van der Waals surface area contributed by atoms with Crippen molar-refractivity contribution < 1.29 is 4.79 Å². The molecule has 1 atom stereocenters. The molecule has 0 spiro atoms. The number of rotatable bonds is 2. The van der Waals surface area contributed by atoms with E-state index >= 15 is 0 Å². The number of fused-ring (bicyclic) bond motifs is 1. The number of hydrogen-bond donors (Lipinski definition) is 1. The van der Waals surface area contributed by atoms with Crippen LogP contribution in [0.3, 0.4) is 0 Å². The summed E-state index contributed by atoms with van der Waals surface area (Å²) >= 11 is 0. The number of nitrogen functional groups attached to an aromatic ring is 1. The molecule has 1 aromatic carbocycles. The summed E-state index contributed by atoms with van der Waals surface area (Å²) in [4.78, 5) is 24.7. The van der Waals surface area contributed by atoms with Crippen LogP contribution in [0, 0.1) is 0 Å². The molecule has 0 aliphatic carbocycles. The van der Waals surface area contributed by atoms with Crippen LogP contribution in [0.15, 0.2) is 24.5 Å². The Morgan fingerprint density at radius 1 is 1.38 bits per heavy atom. The van der Waals surface area contributed by atoms with Gasteiger partial charge in [-0.05, 0) is 31.0 Å². The summed E-state index contributed by atoms with van der Waals surface area (Å²) in [6, 6.07) is 5.46. The Bertz CT molecular complexity index is 685. The largest absolute Gasteiger partial charge is 0.399 e. The normalized spacial score (nSPS) is 18.2. The fraction of sp³-hybridized carbons (Fsp3) is 0.400. The van der Waals surface area contributed by atoms with Crippen LogP contribution in [-0.2, 0) is 4.79 Å². The molecule has 1 unspecified atom stereocenters. The molecule has 21 heavy (non-hydrogen) atoms. The van der Waals surface area contributed by atoms with Crippen molar-refractivity contribution in [3.63, 3.8) is 0 Å². The van der Waals surface area contributed by atoms with Crippen molar-refractivity contribution in [3.8, 4) is 0 Å². The number of anilines is 2. The second kappa shape index (κ2) is 5.20. The summed E-state index contributed by atoms with van der Waals surface area (Å²) in [5, 5.41) is 0.935. The molecule has 1 saturated heterocycles. The van der Waals surface area contributed by atoms with Gasteiger partial charge in [0.25, 0.3) is 0 Å². The molecular formula is C15H19N5O. The molecule has 2 N–H and O–H groups in total. The van der Waals surface area contributed by atoms with Gasteiger partial charge in [0.1, 0.15) is 18.2 Å². The van der Waals surface area contributed by atoms with E-state index in [1.807, 2.05) is 18.2 Å². The summed E-state index contributed by atoms with van der Waals surface area (Å²) < 4.78 is 0. The maximum absolute atomic E-state index is 12.3. The zero-order valence-corrected chi connectivity index (χ0v) is 12.3. The molecule has 6 heteroatoms. The number of likely N-dealkylation sites (N-methyl/N-ethyl adjacent to an activating group) is 1. The molecule has 1 aromatic heterocycles. The van der Waals surface area contributed by atoms with Gasteiger partial charge in [0.05, 0.1) is 5.52 Å². The van der Waals surface area contributed by atoms with E-state index in [9.17, 15) is 4.79 Å². The van der Waals surface area contributed by atoms with E-state index in [0.29, 0.717) is 5.69 Å². The minimum atomic E-state index is -0.143. The first-order valence-corrected chi connectivity index (χ1v) is 7.06. The van der Waals surface area contributed by atoms with Crippen LogP contribution < -0.4 is 10.6 Å². The lowest BCUT2D eigenvalue weighted by Crippen LogP contribution is -2.43. The van der Waals surface area contributed by atoms with Gasteiger partial charge >= 0.3 is 0 Å². The van der Waals surface area contributed by atoms with Crippen molar-refractivity contribution in [3.05, 3.63) is 24.5 Å². The van der Waals surface area contributed by atoms with Crippen molar-refractivity contribution in [2.75, 3.05) is 31.3 Å².